The molecular weight excluding hydrogens is 258 g/mol. The second-order valence-electron chi connectivity index (χ2n) is 3.25. The summed E-state index contributed by atoms with van der Waals surface area (Å²) < 4.78 is 5.21. The van der Waals surface area contributed by atoms with Gasteiger partial charge < -0.3 is 14.9 Å². The minimum atomic E-state index is -1.10. The highest BCUT2D eigenvalue weighted by molar-refractivity contribution is 5.60. The van der Waals surface area contributed by atoms with Crippen LogP contribution in [-0.2, 0) is 11.2 Å². The van der Waals surface area contributed by atoms with Crippen LogP contribution in [0.2, 0.25) is 0 Å². The maximum absolute atomic E-state index is 11.2. The highest BCUT2D eigenvalue weighted by atomic mass is 16.8. The fourth-order valence-electron chi connectivity index (χ4n) is 1.15. The van der Waals surface area contributed by atoms with Gasteiger partial charge in [-0.1, -0.05) is 0 Å². The molecule has 0 fully saturated rings. The van der Waals surface area contributed by atoms with Gasteiger partial charge in [0, 0.05) is 18.6 Å². The van der Waals surface area contributed by atoms with Gasteiger partial charge >= 0.3 is 6.16 Å². The molecule has 2 aromatic heterocycles. The summed E-state index contributed by atoms with van der Waals surface area (Å²) in [7, 11) is 0. The molecule has 0 aromatic carbocycles. The summed E-state index contributed by atoms with van der Waals surface area (Å²) in [6, 6.07) is 2.30. The van der Waals surface area contributed by atoms with Gasteiger partial charge in [-0.3, -0.25) is 4.84 Å². The largest absolute Gasteiger partial charge is 0.533 e. The Balaban J connectivity index is 1.79. The molecule has 10 nitrogen and oxygen atoms in total. The van der Waals surface area contributed by atoms with Crippen LogP contribution in [0.5, 0.6) is 11.8 Å². The predicted octanol–water partition coefficient (Wildman–Crippen LogP) is -0.713. The van der Waals surface area contributed by atoms with Crippen molar-refractivity contribution in [1.82, 2.24) is 25.1 Å². The van der Waals surface area contributed by atoms with E-state index in [-0.39, 0.29) is 13.0 Å². The Morgan fingerprint density at radius 1 is 1.21 bits per heavy atom. The van der Waals surface area contributed by atoms with E-state index in [0.717, 1.165) is 12.1 Å². The molecule has 19 heavy (non-hydrogen) atoms. The Morgan fingerprint density at radius 3 is 2.47 bits per heavy atom. The van der Waals surface area contributed by atoms with Crippen molar-refractivity contribution in [2.45, 2.75) is 6.42 Å². The average Bonchev–Trinajstić information content (AvgIpc) is 2.72. The van der Waals surface area contributed by atoms with E-state index in [4.69, 9.17) is 0 Å². The number of aromatic nitrogens is 5. The van der Waals surface area contributed by atoms with Crippen LogP contribution in [0.25, 0.3) is 0 Å². The molecule has 2 N–H and O–H groups in total. The molecular formula is C9H9N5O5. The molecule has 100 valence electrons. The molecule has 0 unspecified atom stereocenters. The van der Waals surface area contributed by atoms with E-state index in [2.05, 4.69) is 30.0 Å². The molecule has 0 saturated heterocycles. The van der Waals surface area contributed by atoms with Crippen LogP contribution >= 0.6 is 0 Å². The number of ether oxygens (including phenoxy) is 1. The molecule has 0 radical (unpaired) electrons. The van der Waals surface area contributed by atoms with Crippen LogP contribution in [-0.4, -0.2) is 48.1 Å². The summed E-state index contributed by atoms with van der Waals surface area (Å²) in [6.07, 6.45) is 0.286. The molecule has 0 atom stereocenters. The number of carbonyl (C=O) groups is 1. The van der Waals surface area contributed by atoms with E-state index in [1.807, 2.05) is 0 Å². The third kappa shape index (κ3) is 3.28. The Bertz CT molecular complexity index is 538. The summed E-state index contributed by atoms with van der Waals surface area (Å²) in [6.45, 7) is -0.0605. The normalized spacial score (nSPS) is 10.1. The van der Waals surface area contributed by atoms with Gasteiger partial charge in [0.05, 0.1) is 0 Å². The van der Waals surface area contributed by atoms with Crippen molar-refractivity contribution in [3.8, 4) is 11.8 Å². The van der Waals surface area contributed by atoms with Crippen LogP contribution in [0.15, 0.2) is 18.5 Å². The van der Waals surface area contributed by atoms with Crippen molar-refractivity contribution in [1.29, 1.82) is 0 Å². The van der Waals surface area contributed by atoms with Gasteiger partial charge in [0.2, 0.25) is 11.8 Å². The summed E-state index contributed by atoms with van der Waals surface area (Å²) in [4.78, 5) is 15.8. The average molecular weight is 267 g/mol. The minimum Gasteiger partial charge on any atom is -0.492 e. The first-order valence-corrected chi connectivity index (χ1v) is 5.11. The number of carbonyl (C=O) groups excluding carboxylic acids is 1. The Morgan fingerprint density at radius 2 is 1.84 bits per heavy atom. The lowest BCUT2D eigenvalue weighted by molar-refractivity contribution is 0.0359. The SMILES string of the molecule is O=C(OCCc1nncnn1)On1c(O)ccc1O. The lowest BCUT2D eigenvalue weighted by Gasteiger charge is -2.06. The molecule has 2 rings (SSSR count). The molecule has 0 aliphatic heterocycles. The molecule has 0 aliphatic carbocycles. The van der Waals surface area contributed by atoms with Gasteiger partial charge in [-0.2, -0.15) is 0 Å². The first kappa shape index (κ1) is 12.5. The van der Waals surface area contributed by atoms with Crippen molar-refractivity contribution < 1.29 is 24.6 Å². The van der Waals surface area contributed by atoms with Gasteiger partial charge in [-0.25, -0.2) is 4.79 Å². The number of aromatic hydroxyl groups is 2. The fourth-order valence-corrected chi connectivity index (χ4v) is 1.15. The zero-order valence-electron chi connectivity index (χ0n) is 9.50. The van der Waals surface area contributed by atoms with Crippen molar-refractivity contribution >= 4 is 6.16 Å². The first-order valence-electron chi connectivity index (χ1n) is 5.11. The molecule has 0 saturated carbocycles. The van der Waals surface area contributed by atoms with Gasteiger partial charge in [0.25, 0.3) is 0 Å². The highest BCUT2D eigenvalue weighted by Crippen LogP contribution is 2.18. The Labute approximate surface area is 106 Å². The van der Waals surface area contributed by atoms with E-state index >= 15 is 0 Å². The summed E-state index contributed by atoms with van der Waals surface area (Å²) in [5.41, 5.74) is 0. The van der Waals surface area contributed by atoms with E-state index in [1.54, 1.807) is 0 Å². The third-order valence-corrected chi connectivity index (χ3v) is 1.96. The van der Waals surface area contributed by atoms with Crippen molar-refractivity contribution in [2.24, 2.45) is 0 Å². The van der Waals surface area contributed by atoms with Gasteiger partial charge in [-0.15, -0.1) is 25.1 Å². The first-order chi connectivity index (χ1) is 9.16. The Hall–Kier alpha value is -2.91. The van der Waals surface area contributed by atoms with Gasteiger partial charge in [0.15, 0.2) is 12.2 Å². The highest BCUT2D eigenvalue weighted by Gasteiger charge is 2.13. The summed E-state index contributed by atoms with van der Waals surface area (Å²) in [5, 5.41) is 32.7. The monoisotopic (exact) mass is 267 g/mol. The zero-order valence-corrected chi connectivity index (χ0v) is 9.50. The quantitative estimate of drug-likeness (QED) is 0.689. The maximum atomic E-state index is 11.2. The number of hydrogen-bond acceptors (Lipinski definition) is 9. The predicted molar refractivity (Wildman–Crippen MR) is 57.0 cm³/mol. The molecule has 0 aliphatic rings. The lowest BCUT2D eigenvalue weighted by atomic mass is 10.4. The zero-order chi connectivity index (χ0) is 13.7. The van der Waals surface area contributed by atoms with Gasteiger partial charge in [0.1, 0.15) is 6.61 Å². The number of rotatable bonds is 4. The fraction of sp³-hybridized carbons (Fsp3) is 0.222. The van der Waals surface area contributed by atoms with E-state index in [0.29, 0.717) is 10.6 Å². The van der Waals surface area contributed by atoms with Crippen LogP contribution in [0, 0.1) is 0 Å². The van der Waals surface area contributed by atoms with Crippen LogP contribution in [0.1, 0.15) is 5.82 Å². The van der Waals surface area contributed by atoms with Crippen molar-refractivity contribution in [3.63, 3.8) is 0 Å². The second-order valence-corrected chi connectivity index (χ2v) is 3.25. The van der Waals surface area contributed by atoms with E-state index in [9.17, 15) is 15.0 Å². The lowest BCUT2D eigenvalue weighted by Crippen LogP contribution is -2.21. The number of hydrogen-bond donors (Lipinski definition) is 2. The van der Waals surface area contributed by atoms with Crippen LogP contribution in [0.3, 0.4) is 0 Å². The number of nitrogens with zero attached hydrogens (tertiary/aromatic N) is 5. The van der Waals surface area contributed by atoms with E-state index < -0.39 is 17.9 Å². The van der Waals surface area contributed by atoms with Gasteiger partial charge in [-0.05, 0) is 0 Å². The van der Waals surface area contributed by atoms with Crippen molar-refractivity contribution in [2.75, 3.05) is 6.61 Å². The van der Waals surface area contributed by atoms with Crippen molar-refractivity contribution in [3.05, 3.63) is 24.3 Å². The molecule has 10 heteroatoms. The second kappa shape index (κ2) is 5.62. The third-order valence-electron chi connectivity index (χ3n) is 1.96. The van der Waals surface area contributed by atoms with Crippen LogP contribution in [0.4, 0.5) is 4.79 Å². The minimum absolute atomic E-state index is 0.0605. The van der Waals surface area contributed by atoms with Crippen LogP contribution < -0.4 is 4.84 Å². The summed E-state index contributed by atoms with van der Waals surface area (Å²) >= 11 is 0. The molecule has 2 aromatic rings. The summed E-state index contributed by atoms with van der Waals surface area (Å²) in [5.74, 6) is -0.564. The Kier molecular flexibility index (Phi) is 3.71. The smallest absolute Gasteiger partial charge is 0.492 e. The molecule has 0 spiro atoms. The molecule has 2 heterocycles. The standard InChI is InChI=1S/C9H9N5O5/c15-7-1-2-8(16)14(7)19-9(17)18-4-3-6-12-10-5-11-13-6/h1-2,5,15-16H,3-4H2. The maximum Gasteiger partial charge on any atom is 0.533 e. The van der Waals surface area contributed by atoms with E-state index in [1.165, 1.54) is 6.33 Å². The molecule has 0 amide bonds. The topological polar surface area (TPSA) is 132 Å². The molecule has 0 bridgehead atoms.